The van der Waals surface area contributed by atoms with Crippen LogP contribution in [0.1, 0.15) is 6.42 Å². The van der Waals surface area contributed by atoms with Crippen molar-refractivity contribution in [3.8, 4) is 0 Å². The van der Waals surface area contributed by atoms with E-state index in [4.69, 9.17) is 5.11 Å². The highest BCUT2D eigenvalue weighted by molar-refractivity contribution is 4.64. The van der Waals surface area contributed by atoms with Gasteiger partial charge in [-0.25, -0.2) is 0 Å². The summed E-state index contributed by atoms with van der Waals surface area (Å²) >= 11 is 0. The number of halogens is 3. The Bertz CT molecular complexity index is 140. The van der Waals surface area contributed by atoms with E-state index < -0.39 is 18.8 Å². The highest BCUT2D eigenvalue weighted by Gasteiger charge is 2.41. The Kier molecular flexibility index (Phi) is 2.08. The van der Waals surface area contributed by atoms with Crippen molar-refractivity contribution < 1.29 is 27.8 Å². The van der Waals surface area contributed by atoms with Crippen molar-refractivity contribution in [2.45, 2.75) is 18.6 Å². The average Bonchev–Trinajstić information content (AvgIpc) is 1.77. The van der Waals surface area contributed by atoms with Crippen molar-refractivity contribution in [3.05, 3.63) is 0 Å². The molecule has 1 rings (SSSR count). The lowest BCUT2D eigenvalue weighted by Crippen LogP contribution is -2.47. The van der Waals surface area contributed by atoms with Crippen molar-refractivity contribution in [1.82, 2.24) is 0 Å². The topological polar surface area (TPSA) is 38.7 Å². The van der Waals surface area contributed by atoms with Gasteiger partial charge in [-0.05, 0) is 0 Å². The van der Waals surface area contributed by atoms with Crippen LogP contribution in [-0.2, 0) is 9.47 Å². The summed E-state index contributed by atoms with van der Waals surface area (Å²) in [5, 5.41) is 8.83. The van der Waals surface area contributed by atoms with Crippen LogP contribution < -0.4 is 0 Å². The number of hydrogen-bond donors (Lipinski definition) is 1. The summed E-state index contributed by atoms with van der Waals surface area (Å²) < 4.78 is 42.7. The van der Waals surface area contributed by atoms with Gasteiger partial charge in [-0.2, -0.15) is 13.2 Å². The van der Waals surface area contributed by atoms with Crippen molar-refractivity contribution in [2.24, 2.45) is 0 Å². The lowest BCUT2D eigenvalue weighted by atomic mass is 10.3. The first-order valence-corrected chi connectivity index (χ1v) is 2.98. The van der Waals surface area contributed by atoms with Crippen LogP contribution in [0.3, 0.4) is 0 Å². The number of alkyl halides is 3. The highest BCUT2D eigenvalue weighted by Crippen LogP contribution is 2.27. The standard InChI is InChI=1S/C5H7F3O3/c6-4(7,8)3-11-5(9)1-2-10-5/h9H,1-3H2. The monoisotopic (exact) mass is 172 g/mol. The van der Waals surface area contributed by atoms with Gasteiger partial charge in [0.1, 0.15) is 6.61 Å². The second-order valence-electron chi connectivity index (χ2n) is 2.22. The van der Waals surface area contributed by atoms with Crippen LogP contribution in [0.15, 0.2) is 0 Å². The van der Waals surface area contributed by atoms with Gasteiger partial charge >= 0.3 is 6.18 Å². The van der Waals surface area contributed by atoms with E-state index in [1.807, 2.05) is 0 Å². The summed E-state index contributed by atoms with van der Waals surface area (Å²) in [6.07, 6.45) is -4.34. The Morgan fingerprint density at radius 2 is 2.09 bits per heavy atom. The van der Waals surface area contributed by atoms with Crippen LogP contribution in [-0.4, -0.2) is 30.5 Å². The van der Waals surface area contributed by atoms with Gasteiger partial charge < -0.3 is 14.6 Å². The molecule has 0 aliphatic carbocycles. The molecule has 0 spiro atoms. The summed E-state index contributed by atoms with van der Waals surface area (Å²) in [6, 6.07) is 0. The molecule has 1 saturated heterocycles. The van der Waals surface area contributed by atoms with Gasteiger partial charge in [-0.15, -0.1) is 0 Å². The highest BCUT2D eigenvalue weighted by atomic mass is 19.4. The Balaban J connectivity index is 2.21. The molecule has 0 bridgehead atoms. The molecule has 0 radical (unpaired) electrons. The molecule has 0 amide bonds. The predicted octanol–water partition coefficient (Wildman–Crippen LogP) is 0.632. The second kappa shape index (κ2) is 2.62. The first-order valence-electron chi connectivity index (χ1n) is 2.98. The minimum Gasteiger partial charge on any atom is -0.343 e. The van der Waals surface area contributed by atoms with Crippen molar-refractivity contribution in [2.75, 3.05) is 13.2 Å². The third-order valence-electron chi connectivity index (χ3n) is 1.21. The lowest BCUT2D eigenvalue weighted by Gasteiger charge is -2.35. The predicted molar refractivity (Wildman–Crippen MR) is 27.5 cm³/mol. The zero-order valence-corrected chi connectivity index (χ0v) is 5.52. The van der Waals surface area contributed by atoms with Crippen LogP contribution in [0.25, 0.3) is 0 Å². The van der Waals surface area contributed by atoms with Gasteiger partial charge in [0.15, 0.2) is 0 Å². The maximum absolute atomic E-state index is 11.5. The van der Waals surface area contributed by atoms with E-state index in [9.17, 15) is 13.2 Å². The molecule has 3 nitrogen and oxygen atoms in total. The Morgan fingerprint density at radius 3 is 2.36 bits per heavy atom. The van der Waals surface area contributed by atoms with Crippen LogP contribution in [0, 0.1) is 0 Å². The molecule has 1 unspecified atom stereocenters. The van der Waals surface area contributed by atoms with E-state index in [1.54, 1.807) is 0 Å². The van der Waals surface area contributed by atoms with E-state index in [1.165, 1.54) is 0 Å². The number of rotatable bonds is 2. The average molecular weight is 172 g/mol. The molecule has 1 heterocycles. The molecule has 6 heteroatoms. The van der Waals surface area contributed by atoms with Crippen LogP contribution >= 0.6 is 0 Å². The fraction of sp³-hybridized carbons (Fsp3) is 1.00. The van der Waals surface area contributed by atoms with Gasteiger partial charge in [0.05, 0.1) is 13.0 Å². The number of aliphatic hydroxyl groups is 1. The summed E-state index contributed by atoms with van der Waals surface area (Å²) in [5.74, 6) is -1.99. The second-order valence-corrected chi connectivity index (χ2v) is 2.22. The smallest absolute Gasteiger partial charge is 0.343 e. The largest absolute Gasteiger partial charge is 0.412 e. The van der Waals surface area contributed by atoms with Gasteiger partial charge in [-0.1, -0.05) is 0 Å². The fourth-order valence-corrected chi connectivity index (χ4v) is 0.585. The molecule has 0 aromatic carbocycles. The maximum atomic E-state index is 11.5. The van der Waals surface area contributed by atoms with Gasteiger partial charge in [0, 0.05) is 0 Å². The van der Waals surface area contributed by atoms with Crippen LogP contribution in [0.4, 0.5) is 13.2 Å². The first kappa shape index (κ1) is 8.76. The quantitative estimate of drug-likeness (QED) is 0.621. The van der Waals surface area contributed by atoms with Crippen molar-refractivity contribution in [1.29, 1.82) is 0 Å². The third-order valence-corrected chi connectivity index (χ3v) is 1.21. The zero-order valence-electron chi connectivity index (χ0n) is 5.52. The summed E-state index contributed by atoms with van der Waals surface area (Å²) in [6.45, 7) is -1.25. The Morgan fingerprint density at radius 1 is 1.55 bits per heavy atom. The van der Waals surface area contributed by atoms with E-state index in [0.29, 0.717) is 0 Å². The molecule has 0 aromatic heterocycles. The van der Waals surface area contributed by atoms with E-state index >= 15 is 0 Å². The molecule has 1 N–H and O–H groups in total. The molecule has 66 valence electrons. The molecule has 0 saturated carbocycles. The summed E-state index contributed by atoms with van der Waals surface area (Å²) in [5.41, 5.74) is 0. The SMILES string of the molecule is OC1(OCC(F)(F)F)CCO1. The normalized spacial score (nSPS) is 31.6. The minimum absolute atomic E-state index is 0.0864. The minimum atomic E-state index is -4.42. The molecule has 1 aliphatic heterocycles. The van der Waals surface area contributed by atoms with E-state index in [-0.39, 0.29) is 13.0 Å². The maximum Gasteiger partial charge on any atom is 0.412 e. The Labute approximate surface area is 60.7 Å². The first-order chi connectivity index (χ1) is 4.91. The van der Waals surface area contributed by atoms with Crippen LogP contribution in [0.5, 0.6) is 0 Å². The van der Waals surface area contributed by atoms with Crippen molar-refractivity contribution >= 4 is 0 Å². The van der Waals surface area contributed by atoms with Gasteiger partial charge in [0.25, 0.3) is 5.97 Å². The molecule has 1 aliphatic rings. The third kappa shape index (κ3) is 2.64. The Hall–Kier alpha value is -0.330. The summed E-state index contributed by atoms with van der Waals surface area (Å²) in [7, 11) is 0. The molecule has 11 heavy (non-hydrogen) atoms. The van der Waals surface area contributed by atoms with E-state index in [0.717, 1.165) is 0 Å². The molecular weight excluding hydrogens is 165 g/mol. The molecule has 1 fully saturated rings. The van der Waals surface area contributed by atoms with Crippen LogP contribution in [0.2, 0.25) is 0 Å². The molecule has 0 aromatic rings. The van der Waals surface area contributed by atoms with Gasteiger partial charge in [0.2, 0.25) is 0 Å². The van der Waals surface area contributed by atoms with Crippen molar-refractivity contribution in [3.63, 3.8) is 0 Å². The zero-order chi connectivity index (χ0) is 8.54. The molecule has 1 atom stereocenters. The lowest BCUT2D eigenvalue weighted by molar-refractivity contribution is -0.432. The number of ether oxygens (including phenoxy) is 2. The number of hydrogen-bond acceptors (Lipinski definition) is 3. The molecular formula is C5H7F3O3. The summed E-state index contributed by atoms with van der Waals surface area (Å²) in [4.78, 5) is 0. The van der Waals surface area contributed by atoms with E-state index in [2.05, 4.69) is 9.47 Å². The van der Waals surface area contributed by atoms with Gasteiger partial charge in [-0.3, -0.25) is 0 Å². The fourth-order valence-electron chi connectivity index (χ4n) is 0.585.